The number of fused-ring (bicyclic) bond motifs is 4. The van der Waals surface area contributed by atoms with Gasteiger partial charge in [-0.25, -0.2) is 13.2 Å². The summed E-state index contributed by atoms with van der Waals surface area (Å²) in [7, 11) is 0. The van der Waals surface area contributed by atoms with Gasteiger partial charge in [-0.3, -0.25) is 19.3 Å². The van der Waals surface area contributed by atoms with E-state index < -0.39 is 66.0 Å². The van der Waals surface area contributed by atoms with Crippen molar-refractivity contribution in [2.75, 3.05) is 18.5 Å². The van der Waals surface area contributed by atoms with Crippen molar-refractivity contribution < 1.29 is 37.4 Å². The first kappa shape index (κ1) is 20.7. The third kappa shape index (κ3) is 2.66. The Kier molecular flexibility index (Phi) is 4.62. The fourth-order valence-corrected chi connectivity index (χ4v) is 5.20. The number of hydrogen-bond donors (Lipinski definition) is 2. The van der Waals surface area contributed by atoms with Gasteiger partial charge in [-0.1, -0.05) is 24.3 Å². The van der Waals surface area contributed by atoms with Crippen molar-refractivity contribution in [1.29, 1.82) is 0 Å². The van der Waals surface area contributed by atoms with Gasteiger partial charge < -0.3 is 15.2 Å². The summed E-state index contributed by atoms with van der Waals surface area (Å²) in [4.78, 5) is 39.2. The fourth-order valence-electron chi connectivity index (χ4n) is 5.00. The average Bonchev–Trinajstić information content (AvgIpc) is 3.20. The summed E-state index contributed by atoms with van der Waals surface area (Å²) >= 11 is 5.96. The van der Waals surface area contributed by atoms with Gasteiger partial charge in [-0.05, 0) is 12.1 Å². The van der Waals surface area contributed by atoms with Crippen LogP contribution in [0.15, 0.2) is 24.8 Å². The zero-order valence-corrected chi connectivity index (χ0v) is 16.1. The van der Waals surface area contributed by atoms with E-state index in [1.54, 1.807) is 0 Å². The van der Waals surface area contributed by atoms with Crippen LogP contribution in [0.1, 0.15) is 12.0 Å². The SMILES string of the molecule is C=CCOC(=O)[C@H]1[C@@H](C(=O)O)[C@H]2CC(F)(F)CN2C12C(=O)Nc1c(F)cc(Cl)cc12. The average molecular weight is 445 g/mol. The smallest absolute Gasteiger partial charge is 0.313 e. The third-order valence-electron chi connectivity index (χ3n) is 5.92. The molecular weight excluding hydrogens is 429 g/mol. The molecule has 4 rings (SSSR count). The Bertz CT molecular complexity index is 987. The van der Waals surface area contributed by atoms with E-state index in [1.807, 2.05) is 0 Å². The second kappa shape index (κ2) is 6.71. The molecule has 160 valence electrons. The molecule has 11 heteroatoms. The first-order chi connectivity index (χ1) is 14.0. The molecule has 0 radical (unpaired) electrons. The summed E-state index contributed by atoms with van der Waals surface area (Å²) in [6, 6.07) is 0.755. The van der Waals surface area contributed by atoms with Gasteiger partial charge in [0.05, 0.1) is 18.2 Å². The molecule has 1 unspecified atom stereocenters. The molecule has 3 aliphatic heterocycles. The van der Waals surface area contributed by atoms with Crippen molar-refractivity contribution in [3.8, 4) is 0 Å². The van der Waals surface area contributed by atoms with E-state index >= 15 is 0 Å². The van der Waals surface area contributed by atoms with Crippen molar-refractivity contribution in [2.24, 2.45) is 11.8 Å². The van der Waals surface area contributed by atoms with Crippen molar-refractivity contribution in [1.82, 2.24) is 4.90 Å². The van der Waals surface area contributed by atoms with Crippen LogP contribution in [0.3, 0.4) is 0 Å². The van der Waals surface area contributed by atoms with Gasteiger partial charge in [0, 0.05) is 23.0 Å². The van der Waals surface area contributed by atoms with Crippen LogP contribution in [-0.2, 0) is 24.7 Å². The molecule has 0 aliphatic carbocycles. The van der Waals surface area contributed by atoms with E-state index in [2.05, 4.69) is 11.9 Å². The second-order valence-corrected chi connectivity index (χ2v) is 7.98. The van der Waals surface area contributed by atoms with Gasteiger partial charge in [-0.2, -0.15) is 0 Å². The van der Waals surface area contributed by atoms with E-state index in [0.717, 1.165) is 11.0 Å². The Hall–Kier alpha value is -2.59. The number of hydrogen-bond acceptors (Lipinski definition) is 5. The lowest BCUT2D eigenvalue weighted by Gasteiger charge is -2.36. The van der Waals surface area contributed by atoms with Gasteiger partial charge in [0.25, 0.3) is 11.8 Å². The van der Waals surface area contributed by atoms with Crippen LogP contribution < -0.4 is 5.32 Å². The minimum Gasteiger partial charge on any atom is -0.481 e. The van der Waals surface area contributed by atoms with Crippen molar-refractivity contribution in [3.05, 3.63) is 41.2 Å². The highest BCUT2D eigenvalue weighted by molar-refractivity contribution is 6.31. The van der Waals surface area contributed by atoms with Crippen LogP contribution in [0.25, 0.3) is 0 Å². The predicted molar refractivity (Wildman–Crippen MR) is 97.5 cm³/mol. The predicted octanol–water partition coefficient (Wildman–Crippen LogP) is 2.40. The Morgan fingerprint density at radius 3 is 2.77 bits per heavy atom. The largest absolute Gasteiger partial charge is 0.481 e. The summed E-state index contributed by atoms with van der Waals surface area (Å²) in [5.74, 6) is -11.2. The molecule has 0 bridgehead atoms. The number of ether oxygens (including phenoxy) is 1. The third-order valence-corrected chi connectivity index (χ3v) is 6.14. The minimum absolute atomic E-state index is 0.137. The molecule has 1 aromatic carbocycles. The number of carbonyl (C=O) groups is 3. The molecule has 2 saturated heterocycles. The van der Waals surface area contributed by atoms with Crippen LogP contribution in [0, 0.1) is 17.7 Å². The number of benzene rings is 1. The van der Waals surface area contributed by atoms with Crippen LogP contribution in [0.4, 0.5) is 18.9 Å². The number of esters is 1. The molecular formula is C19H16ClF3N2O5. The van der Waals surface area contributed by atoms with E-state index in [0.29, 0.717) is 0 Å². The van der Waals surface area contributed by atoms with E-state index in [9.17, 15) is 32.7 Å². The van der Waals surface area contributed by atoms with Gasteiger partial charge in [0.2, 0.25) is 0 Å². The van der Waals surface area contributed by atoms with Gasteiger partial charge in [0.1, 0.15) is 23.9 Å². The maximum atomic E-state index is 14.5. The van der Waals surface area contributed by atoms with E-state index in [-0.39, 0.29) is 22.9 Å². The molecule has 7 nitrogen and oxygen atoms in total. The van der Waals surface area contributed by atoms with Crippen LogP contribution in [-0.4, -0.2) is 53.0 Å². The molecule has 30 heavy (non-hydrogen) atoms. The highest BCUT2D eigenvalue weighted by Crippen LogP contribution is 2.60. The van der Waals surface area contributed by atoms with Crippen molar-refractivity contribution >= 4 is 35.1 Å². The normalized spacial score (nSPS) is 31.3. The van der Waals surface area contributed by atoms with Gasteiger partial charge >= 0.3 is 11.9 Å². The number of nitrogens with zero attached hydrogens (tertiary/aromatic N) is 1. The molecule has 1 aromatic rings. The quantitative estimate of drug-likeness (QED) is 0.547. The molecule has 1 spiro atoms. The standard InChI is InChI=1S/C19H16ClF3N2O5/c1-2-3-30-16(28)13-12(15(26)27)11-6-18(22,23)7-25(11)19(13)9-4-8(20)5-10(21)14(9)24-17(19)29/h2,4-5,11-13H,1,3,6-7H2,(H,24,29)(H,26,27)/t11-,12+,13-,19?/m1/s1. The monoisotopic (exact) mass is 444 g/mol. The number of alkyl halides is 2. The number of carboxylic acids is 1. The molecule has 1 amide bonds. The number of carbonyl (C=O) groups excluding carboxylic acids is 2. The maximum absolute atomic E-state index is 14.5. The second-order valence-electron chi connectivity index (χ2n) is 7.55. The first-order valence-electron chi connectivity index (χ1n) is 9.00. The molecule has 4 atom stereocenters. The number of rotatable bonds is 4. The van der Waals surface area contributed by atoms with Crippen molar-refractivity contribution in [2.45, 2.75) is 23.9 Å². The molecule has 3 heterocycles. The summed E-state index contributed by atoms with van der Waals surface area (Å²) in [6.45, 7) is 2.14. The Labute approximate surface area is 173 Å². The molecule has 0 saturated carbocycles. The lowest BCUT2D eigenvalue weighted by atomic mass is 9.74. The van der Waals surface area contributed by atoms with Crippen LogP contribution >= 0.6 is 11.6 Å². The van der Waals surface area contributed by atoms with Crippen LogP contribution in [0.2, 0.25) is 5.02 Å². The molecule has 2 N–H and O–H groups in total. The Morgan fingerprint density at radius 2 is 2.13 bits per heavy atom. The minimum atomic E-state index is -3.30. The highest BCUT2D eigenvalue weighted by atomic mass is 35.5. The van der Waals surface area contributed by atoms with Gasteiger partial charge in [0.15, 0.2) is 0 Å². The number of carboxylic acid groups (broad SMARTS) is 1. The maximum Gasteiger partial charge on any atom is 0.313 e. The Morgan fingerprint density at radius 1 is 1.43 bits per heavy atom. The number of amides is 1. The molecule has 2 fully saturated rings. The summed E-state index contributed by atoms with van der Waals surface area (Å²) in [5, 5.41) is 12.0. The topological polar surface area (TPSA) is 95.9 Å². The number of nitrogens with one attached hydrogen (secondary N) is 1. The van der Waals surface area contributed by atoms with Crippen LogP contribution in [0.5, 0.6) is 0 Å². The van der Waals surface area contributed by atoms with E-state index in [4.69, 9.17) is 16.3 Å². The van der Waals surface area contributed by atoms with Gasteiger partial charge in [-0.15, -0.1) is 0 Å². The molecule has 3 aliphatic rings. The van der Waals surface area contributed by atoms with E-state index in [1.165, 1.54) is 12.1 Å². The lowest BCUT2D eigenvalue weighted by molar-refractivity contribution is -0.161. The fraction of sp³-hybridized carbons (Fsp3) is 0.421. The zero-order chi connectivity index (χ0) is 22.0. The number of aliphatic carboxylic acids is 1. The lowest BCUT2D eigenvalue weighted by Crippen LogP contribution is -2.54. The first-order valence-corrected chi connectivity index (χ1v) is 9.38. The summed E-state index contributed by atoms with van der Waals surface area (Å²) < 4.78 is 48.2. The summed E-state index contributed by atoms with van der Waals surface area (Å²) in [6.07, 6.45) is 0.367. The number of anilines is 1. The highest BCUT2D eigenvalue weighted by Gasteiger charge is 2.75. The molecule has 0 aromatic heterocycles. The Balaban J connectivity index is 1.99. The number of halogens is 4. The van der Waals surface area contributed by atoms with Crippen molar-refractivity contribution in [3.63, 3.8) is 0 Å². The summed E-state index contributed by atoms with van der Waals surface area (Å²) in [5.41, 5.74) is -2.69. The zero-order valence-electron chi connectivity index (χ0n) is 15.3.